The Morgan fingerprint density at radius 3 is 2.72 bits per heavy atom. The molecule has 1 aromatic heterocycles. The van der Waals surface area contributed by atoms with E-state index >= 15 is 0 Å². The third kappa shape index (κ3) is 3.44. The number of benzene rings is 1. The lowest BCUT2D eigenvalue weighted by Gasteiger charge is -1.96. The minimum Gasteiger partial charge on any atom is -0.340 e. The molecule has 0 saturated heterocycles. The summed E-state index contributed by atoms with van der Waals surface area (Å²) in [6.07, 6.45) is 0. The van der Waals surface area contributed by atoms with Crippen LogP contribution in [0.3, 0.4) is 0 Å². The van der Waals surface area contributed by atoms with Gasteiger partial charge >= 0.3 is 0 Å². The Morgan fingerprint density at radius 2 is 2.06 bits per heavy atom. The van der Waals surface area contributed by atoms with Gasteiger partial charge in [-0.05, 0) is 35.7 Å². The molecule has 0 radical (unpaired) electrons. The average Bonchev–Trinajstić information content (AvgIpc) is 2.90. The van der Waals surface area contributed by atoms with Crippen LogP contribution in [0.5, 0.6) is 0 Å². The lowest BCUT2D eigenvalue weighted by molar-refractivity contribution is 0.0962. The number of rotatable bonds is 2. The van der Waals surface area contributed by atoms with E-state index in [-0.39, 0.29) is 18.3 Å². The molecule has 1 N–H and O–H groups in total. The summed E-state index contributed by atoms with van der Waals surface area (Å²) in [6, 6.07) is 9.49. The van der Waals surface area contributed by atoms with E-state index in [9.17, 15) is 9.18 Å². The van der Waals surface area contributed by atoms with Gasteiger partial charge in [0.1, 0.15) is 5.82 Å². The van der Waals surface area contributed by atoms with Gasteiger partial charge in [-0.2, -0.15) is 0 Å². The highest BCUT2D eigenvalue weighted by Gasteiger charge is 2.03. The number of halogens is 1. The Kier molecular flexibility index (Phi) is 4.11. The topological polar surface area (TPSA) is 29.1 Å². The fraction of sp³-hybridized carbons (Fsp3) is 0.0714. The van der Waals surface area contributed by atoms with Crippen LogP contribution in [-0.2, 0) is 0 Å². The zero-order valence-corrected chi connectivity index (χ0v) is 10.3. The van der Waals surface area contributed by atoms with E-state index in [1.807, 2.05) is 11.4 Å². The molecule has 0 aliphatic heterocycles. The molecule has 1 aromatic carbocycles. The lowest BCUT2D eigenvalue weighted by Crippen LogP contribution is -2.22. The van der Waals surface area contributed by atoms with Crippen molar-refractivity contribution in [1.29, 1.82) is 0 Å². The Balaban J connectivity index is 1.86. The van der Waals surface area contributed by atoms with Crippen molar-refractivity contribution >= 4 is 17.2 Å². The Hall–Kier alpha value is -2.12. The number of carbonyl (C=O) groups excluding carboxylic acids is 1. The molecular weight excluding hydrogens is 249 g/mol. The first-order chi connectivity index (χ1) is 8.75. The Labute approximate surface area is 108 Å². The van der Waals surface area contributed by atoms with Crippen molar-refractivity contribution in [3.63, 3.8) is 0 Å². The van der Waals surface area contributed by atoms with Gasteiger partial charge in [0.2, 0.25) is 0 Å². The molecule has 2 nitrogen and oxygen atoms in total. The zero-order chi connectivity index (χ0) is 12.8. The van der Waals surface area contributed by atoms with Crippen molar-refractivity contribution in [3.8, 4) is 11.8 Å². The standard InChI is InChI=1S/C14H10FNOS/c15-12-7-5-11(6-8-12)3-1-9-16-14(17)13-4-2-10-18-13/h2,4-8,10H,9H2,(H,16,17). The number of nitrogens with one attached hydrogen (secondary N) is 1. The van der Waals surface area contributed by atoms with Gasteiger partial charge in [-0.1, -0.05) is 17.9 Å². The largest absolute Gasteiger partial charge is 0.340 e. The maximum Gasteiger partial charge on any atom is 0.262 e. The van der Waals surface area contributed by atoms with Gasteiger partial charge < -0.3 is 5.32 Å². The summed E-state index contributed by atoms with van der Waals surface area (Å²) in [5, 5.41) is 4.54. The van der Waals surface area contributed by atoms with Crippen molar-refractivity contribution in [2.24, 2.45) is 0 Å². The van der Waals surface area contributed by atoms with Crippen LogP contribution in [0.4, 0.5) is 4.39 Å². The third-order valence-electron chi connectivity index (χ3n) is 2.16. The normalized spacial score (nSPS) is 9.39. The first-order valence-electron chi connectivity index (χ1n) is 5.32. The molecular formula is C14H10FNOS. The van der Waals surface area contributed by atoms with Crippen LogP contribution in [0.2, 0.25) is 0 Å². The molecule has 1 amide bonds. The van der Waals surface area contributed by atoms with Crippen LogP contribution in [0.1, 0.15) is 15.2 Å². The second kappa shape index (κ2) is 5.99. The van der Waals surface area contributed by atoms with Crippen LogP contribution in [0.15, 0.2) is 41.8 Å². The molecule has 1 heterocycles. The molecule has 0 spiro atoms. The summed E-state index contributed by atoms with van der Waals surface area (Å²) in [4.78, 5) is 12.2. The Bertz CT molecular complexity index is 579. The molecule has 4 heteroatoms. The van der Waals surface area contributed by atoms with Crippen molar-refractivity contribution < 1.29 is 9.18 Å². The average molecular weight is 259 g/mol. The fourth-order valence-corrected chi connectivity index (χ4v) is 1.94. The number of amides is 1. The van der Waals surface area contributed by atoms with E-state index in [4.69, 9.17) is 0 Å². The van der Waals surface area contributed by atoms with Crippen LogP contribution in [0, 0.1) is 17.7 Å². The van der Waals surface area contributed by atoms with Crippen molar-refractivity contribution in [1.82, 2.24) is 5.32 Å². The maximum absolute atomic E-state index is 12.6. The number of hydrogen-bond acceptors (Lipinski definition) is 2. The van der Waals surface area contributed by atoms with E-state index < -0.39 is 0 Å². The summed E-state index contributed by atoms with van der Waals surface area (Å²) in [5.74, 6) is 5.25. The van der Waals surface area contributed by atoms with Crippen LogP contribution in [-0.4, -0.2) is 12.5 Å². The number of carbonyl (C=O) groups is 1. The maximum atomic E-state index is 12.6. The highest BCUT2D eigenvalue weighted by molar-refractivity contribution is 7.12. The molecule has 2 aromatic rings. The molecule has 0 aliphatic carbocycles. The molecule has 0 fully saturated rings. The SMILES string of the molecule is O=C(NCC#Cc1ccc(F)cc1)c1cccs1. The lowest BCUT2D eigenvalue weighted by atomic mass is 10.2. The van der Waals surface area contributed by atoms with E-state index in [2.05, 4.69) is 17.2 Å². The molecule has 0 aliphatic rings. The third-order valence-corrected chi connectivity index (χ3v) is 3.03. The second-order valence-electron chi connectivity index (χ2n) is 3.47. The zero-order valence-electron chi connectivity index (χ0n) is 9.44. The van der Waals surface area contributed by atoms with Gasteiger partial charge in [0.05, 0.1) is 11.4 Å². The predicted molar refractivity (Wildman–Crippen MR) is 69.9 cm³/mol. The van der Waals surface area contributed by atoms with Gasteiger partial charge in [0.25, 0.3) is 5.91 Å². The van der Waals surface area contributed by atoms with E-state index in [1.165, 1.54) is 23.5 Å². The fourth-order valence-electron chi connectivity index (χ4n) is 1.30. The second-order valence-corrected chi connectivity index (χ2v) is 4.42. The molecule has 0 unspecified atom stereocenters. The first-order valence-corrected chi connectivity index (χ1v) is 6.20. The van der Waals surface area contributed by atoms with Gasteiger partial charge in [-0.3, -0.25) is 4.79 Å². The van der Waals surface area contributed by atoms with Gasteiger partial charge in [0.15, 0.2) is 0 Å². The Morgan fingerprint density at radius 1 is 1.28 bits per heavy atom. The molecule has 2 rings (SSSR count). The number of thiophene rings is 1. The molecule has 0 saturated carbocycles. The highest BCUT2D eigenvalue weighted by Crippen LogP contribution is 2.07. The van der Waals surface area contributed by atoms with Crippen LogP contribution in [0.25, 0.3) is 0 Å². The summed E-state index contributed by atoms with van der Waals surface area (Å²) in [5.41, 5.74) is 0.724. The van der Waals surface area contributed by atoms with E-state index in [0.29, 0.717) is 4.88 Å². The van der Waals surface area contributed by atoms with Crippen LogP contribution < -0.4 is 5.32 Å². The summed E-state index contributed by atoms with van der Waals surface area (Å²) in [7, 11) is 0. The molecule has 0 atom stereocenters. The summed E-state index contributed by atoms with van der Waals surface area (Å²) < 4.78 is 12.6. The van der Waals surface area contributed by atoms with Crippen molar-refractivity contribution in [2.75, 3.05) is 6.54 Å². The van der Waals surface area contributed by atoms with E-state index in [0.717, 1.165) is 5.56 Å². The summed E-state index contributed by atoms with van der Waals surface area (Å²) >= 11 is 1.39. The van der Waals surface area contributed by atoms with Crippen LogP contribution >= 0.6 is 11.3 Å². The highest BCUT2D eigenvalue weighted by atomic mass is 32.1. The molecule has 90 valence electrons. The van der Waals surface area contributed by atoms with Gasteiger partial charge in [-0.15, -0.1) is 11.3 Å². The minimum atomic E-state index is -0.286. The molecule has 0 bridgehead atoms. The van der Waals surface area contributed by atoms with Crippen molar-refractivity contribution in [2.45, 2.75) is 0 Å². The molecule has 18 heavy (non-hydrogen) atoms. The first kappa shape index (κ1) is 12.3. The smallest absolute Gasteiger partial charge is 0.262 e. The van der Waals surface area contributed by atoms with E-state index in [1.54, 1.807) is 18.2 Å². The number of hydrogen-bond donors (Lipinski definition) is 1. The van der Waals surface area contributed by atoms with Gasteiger partial charge in [-0.25, -0.2) is 4.39 Å². The monoisotopic (exact) mass is 259 g/mol. The minimum absolute atomic E-state index is 0.126. The van der Waals surface area contributed by atoms with Crippen molar-refractivity contribution in [3.05, 3.63) is 58.0 Å². The summed E-state index contributed by atoms with van der Waals surface area (Å²) in [6.45, 7) is 0.272. The van der Waals surface area contributed by atoms with Gasteiger partial charge in [0, 0.05) is 5.56 Å². The quantitative estimate of drug-likeness (QED) is 0.825. The predicted octanol–water partition coefficient (Wildman–Crippen LogP) is 2.67.